The van der Waals surface area contributed by atoms with Crippen molar-refractivity contribution in [2.75, 3.05) is 16.2 Å². The number of fused-ring (bicyclic) bond motifs is 1. The normalized spacial score (nSPS) is 11.4. The van der Waals surface area contributed by atoms with Crippen LogP contribution in [0.25, 0.3) is 10.9 Å². The number of sulfonamides is 1. The lowest BCUT2D eigenvalue weighted by Crippen LogP contribution is -2.31. The molecule has 1 heterocycles. The van der Waals surface area contributed by atoms with Gasteiger partial charge in [0.1, 0.15) is 4.90 Å². The van der Waals surface area contributed by atoms with Crippen molar-refractivity contribution in [1.29, 1.82) is 0 Å². The van der Waals surface area contributed by atoms with Gasteiger partial charge in [0.15, 0.2) is 0 Å². The second-order valence-electron chi connectivity index (χ2n) is 7.23. The van der Waals surface area contributed by atoms with Crippen molar-refractivity contribution in [2.45, 2.75) is 18.2 Å². The highest BCUT2D eigenvalue weighted by Crippen LogP contribution is 2.30. The summed E-state index contributed by atoms with van der Waals surface area (Å²) in [6.07, 6.45) is 1.96. The van der Waals surface area contributed by atoms with E-state index in [1.54, 1.807) is 43.5 Å². The van der Waals surface area contributed by atoms with Gasteiger partial charge in [0.25, 0.3) is 10.0 Å². The summed E-state index contributed by atoms with van der Waals surface area (Å²) in [7, 11) is -3.93. The largest absolute Gasteiger partial charge is 0.361 e. The number of para-hydroxylation sites is 2. The Bertz CT molecular complexity index is 1370. The molecule has 8 heteroatoms. The molecule has 0 fully saturated rings. The Labute approximate surface area is 191 Å². The van der Waals surface area contributed by atoms with Crippen LogP contribution < -0.4 is 9.62 Å². The van der Waals surface area contributed by atoms with Gasteiger partial charge in [-0.3, -0.25) is 9.10 Å². The number of carbonyl (C=O) groups excluding carboxylic acids is 1. The molecule has 0 aliphatic rings. The van der Waals surface area contributed by atoms with Crippen LogP contribution in [0.15, 0.2) is 83.9 Å². The van der Waals surface area contributed by atoms with Gasteiger partial charge in [-0.05, 0) is 48.9 Å². The number of hydrogen-bond donors (Lipinski definition) is 2. The topological polar surface area (TPSA) is 82.3 Å². The van der Waals surface area contributed by atoms with Crippen LogP contribution in [0.2, 0.25) is 5.02 Å². The number of anilines is 2. The average Bonchev–Trinajstić information content (AvgIpc) is 3.19. The molecule has 0 aliphatic carbocycles. The van der Waals surface area contributed by atoms with Crippen LogP contribution in [0.4, 0.5) is 11.4 Å². The lowest BCUT2D eigenvalue weighted by Gasteiger charge is -2.23. The van der Waals surface area contributed by atoms with E-state index < -0.39 is 10.0 Å². The van der Waals surface area contributed by atoms with Gasteiger partial charge < -0.3 is 10.3 Å². The van der Waals surface area contributed by atoms with Gasteiger partial charge in [0.05, 0.1) is 17.1 Å². The lowest BCUT2D eigenvalue weighted by molar-refractivity contribution is -0.115. The number of aromatic amines is 1. The summed E-state index contributed by atoms with van der Waals surface area (Å²) < 4.78 is 28.0. The molecule has 1 amide bonds. The predicted octanol–water partition coefficient (Wildman–Crippen LogP) is 5.22. The molecule has 0 aliphatic heterocycles. The number of carbonyl (C=O) groups is 1. The number of halogens is 1. The Morgan fingerprint density at radius 2 is 1.75 bits per heavy atom. The second kappa shape index (κ2) is 9.06. The van der Waals surface area contributed by atoms with Gasteiger partial charge in [0.2, 0.25) is 5.91 Å². The first-order valence-corrected chi connectivity index (χ1v) is 11.9. The number of hydrogen-bond acceptors (Lipinski definition) is 3. The predicted molar refractivity (Wildman–Crippen MR) is 129 cm³/mol. The molecule has 164 valence electrons. The van der Waals surface area contributed by atoms with Gasteiger partial charge >= 0.3 is 0 Å². The number of amides is 1. The maximum absolute atomic E-state index is 13.4. The zero-order chi connectivity index (χ0) is 22.7. The lowest BCUT2D eigenvalue weighted by atomic mass is 10.1. The van der Waals surface area contributed by atoms with Crippen LogP contribution in [0.3, 0.4) is 0 Å². The summed E-state index contributed by atoms with van der Waals surface area (Å²) in [5, 5.41) is 3.85. The highest BCUT2D eigenvalue weighted by atomic mass is 35.5. The number of aromatic nitrogens is 1. The Morgan fingerprint density at radius 3 is 2.50 bits per heavy atom. The Morgan fingerprint density at radius 1 is 1.03 bits per heavy atom. The molecule has 32 heavy (non-hydrogen) atoms. The Kier molecular flexibility index (Phi) is 6.21. The number of nitrogens with zero attached hydrogens (tertiary/aromatic N) is 1. The molecular weight excluding hydrogens is 446 g/mol. The Balaban J connectivity index is 1.59. The van der Waals surface area contributed by atoms with Crippen LogP contribution >= 0.6 is 11.6 Å². The molecule has 0 radical (unpaired) electrons. The maximum Gasteiger partial charge on any atom is 0.265 e. The number of benzene rings is 3. The van der Waals surface area contributed by atoms with E-state index in [4.69, 9.17) is 11.6 Å². The minimum atomic E-state index is -3.93. The minimum absolute atomic E-state index is 0.0604. The van der Waals surface area contributed by atoms with Crippen molar-refractivity contribution in [3.63, 3.8) is 0 Å². The van der Waals surface area contributed by atoms with E-state index in [0.29, 0.717) is 11.4 Å². The third-order valence-electron chi connectivity index (χ3n) is 5.14. The number of rotatable bonds is 7. The summed E-state index contributed by atoms with van der Waals surface area (Å²) in [5.41, 5.74) is 2.72. The molecule has 4 rings (SSSR count). The second-order valence-corrected chi connectivity index (χ2v) is 9.47. The standard InChI is InChI=1S/C24H22ClN3O3S/c1-2-28(19-8-4-3-5-9-19)32(30,31)23-15-18(12-13-21(23)25)27-24(29)14-17-16-26-22-11-7-6-10-20(17)22/h3-13,15-16,26H,2,14H2,1H3,(H,27,29). The summed E-state index contributed by atoms with van der Waals surface area (Å²) in [5.74, 6) is -0.254. The molecule has 0 unspecified atom stereocenters. The van der Waals surface area contributed by atoms with Crippen LogP contribution in [-0.2, 0) is 21.2 Å². The van der Waals surface area contributed by atoms with Crippen molar-refractivity contribution in [3.8, 4) is 0 Å². The average molecular weight is 468 g/mol. The molecule has 0 atom stereocenters. The third kappa shape index (κ3) is 4.35. The quantitative estimate of drug-likeness (QED) is 0.391. The van der Waals surface area contributed by atoms with E-state index in [2.05, 4.69) is 10.3 Å². The molecule has 6 nitrogen and oxygen atoms in total. The van der Waals surface area contributed by atoms with Gasteiger partial charge in [-0.1, -0.05) is 48.0 Å². The maximum atomic E-state index is 13.4. The molecule has 0 saturated heterocycles. The first kappa shape index (κ1) is 21.9. The van der Waals surface area contributed by atoms with E-state index in [0.717, 1.165) is 16.5 Å². The van der Waals surface area contributed by atoms with Gasteiger partial charge in [-0.2, -0.15) is 0 Å². The van der Waals surface area contributed by atoms with E-state index in [-0.39, 0.29) is 28.8 Å². The zero-order valence-electron chi connectivity index (χ0n) is 17.4. The molecule has 0 spiro atoms. The minimum Gasteiger partial charge on any atom is -0.361 e. The van der Waals surface area contributed by atoms with E-state index in [1.165, 1.54) is 16.4 Å². The summed E-state index contributed by atoms with van der Waals surface area (Å²) in [4.78, 5) is 15.7. The van der Waals surface area contributed by atoms with Crippen LogP contribution in [0, 0.1) is 0 Å². The smallest absolute Gasteiger partial charge is 0.265 e. The summed E-state index contributed by atoms with van der Waals surface area (Å²) in [6.45, 7) is 1.99. The number of H-pyrrole nitrogens is 1. The fourth-order valence-corrected chi connectivity index (χ4v) is 5.62. The molecule has 2 N–H and O–H groups in total. The van der Waals surface area contributed by atoms with E-state index in [1.807, 2.05) is 30.3 Å². The summed E-state index contributed by atoms with van der Waals surface area (Å²) in [6, 6.07) is 21.0. The van der Waals surface area contributed by atoms with Gasteiger partial charge in [-0.25, -0.2) is 8.42 Å². The SMILES string of the molecule is CCN(c1ccccc1)S(=O)(=O)c1cc(NC(=O)Cc2c[nH]c3ccccc23)ccc1Cl. The van der Waals surface area contributed by atoms with Crippen LogP contribution in [0.5, 0.6) is 0 Å². The van der Waals surface area contributed by atoms with Crippen molar-refractivity contribution in [1.82, 2.24) is 4.98 Å². The van der Waals surface area contributed by atoms with Crippen molar-refractivity contribution in [3.05, 3.63) is 89.6 Å². The fraction of sp³-hybridized carbons (Fsp3) is 0.125. The third-order valence-corrected chi connectivity index (χ3v) is 7.52. The molecule has 4 aromatic rings. The van der Waals surface area contributed by atoms with Crippen LogP contribution in [0.1, 0.15) is 12.5 Å². The fourth-order valence-electron chi connectivity index (χ4n) is 3.64. The highest BCUT2D eigenvalue weighted by molar-refractivity contribution is 7.93. The van der Waals surface area contributed by atoms with Crippen molar-refractivity contribution < 1.29 is 13.2 Å². The van der Waals surface area contributed by atoms with Crippen LogP contribution in [-0.4, -0.2) is 25.9 Å². The first-order chi connectivity index (χ1) is 15.4. The van der Waals surface area contributed by atoms with Gasteiger partial charge in [0, 0.05) is 29.3 Å². The van der Waals surface area contributed by atoms with E-state index in [9.17, 15) is 13.2 Å². The van der Waals surface area contributed by atoms with Crippen molar-refractivity contribution >= 4 is 49.8 Å². The first-order valence-electron chi connectivity index (χ1n) is 10.1. The molecule has 0 bridgehead atoms. The zero-order valence-corrected chi connectivity index (χ0v) is 19.0. The van der Waals surface area contributed by atoms with E-state index >= 15 is 0 Å². The molecule has 1 aromatic heterocycles. The van der Waals surface area contributed by atoms with Gasteiger partial charge in [-0.15, -0.1) is 0 Å². The molecule has 0 saturated carbocycles. The Hall–Kier alpha value is -3.29. The molecule has 3 aromatic carbocycles. The summed E-state index contributed by atoms with van der Waals surface area (Å²) >= 11 is 6.26. The molecular formula is C24H22ClN3O3S. The number of nitrogens with one attached hydrogen (secondary N) is 2. The highest BCUT2D eigenvalue weighted by Gasteiger charge is 2.26. The van der Waals surface area contributed by atoms with Crippen molar-refractivity contribution in [2.24, 2.45) is 0 Å². The monoisotopic (exact) mass is 467 g/mol.